The summed E-state index contributed by atoms with van der Waals surface area (Å²) in [5, 5.41) is 18.6. The number of anilines is 1. The molecule has 0 amide bonds. The molecule has 0 radical (unpaired) electrons. The number of fused-ring (bicyclic) bond motifs is 1. The number of nitrogens with one attached hydrogen (secondary N) is 1. The number of nitrogens with two attached hydrogens (primary N) is 1. The summed E-state index contributed by atoms with van der Waals surface area (Å²) in [7, 11) is 0. The second-order valence-corrected chi connectivity index (χ2v) is 3.31. The average Bonchev–Trinajstić information content (AvgIpc) is 2.83. The Kier molecular flexibility index (Phi) is 1.64. The van der Waals surface area contributed by atoms with Gasteiger partial charge < -0.3 is 5.73 Å². The van der Waals surface area contributed by atoms with Crippen LogP contribution in [0.15, 0.2) is 12.1 Å². The van der Waals surface area contributed by atoms with Crippen LogP contribution in [0.25, 0.3) is 17.3 Å². The first-order valence-electron chi connectivity index (χ1n) is 4.61. The zero-order valence-corrected chi connectivity index (χ0v) is 8.42. The molecular formula is C8H8N8. The van der Waals surface area contributed by atoms with Gasteiger partial charge in [-0.05, 0) is 19.1 Å². The van der Waals surface area contributed by atoms with Crippen molar-refractivity contribution in [3.05, 3.63) is 17.8 Å². The Morgan fingerprint density at radius 2 is 2.19 bits per heavy atom. The summed E-state index contributed by atoms with van der Waals surface area (Å²) in [6.07, 6.45) is 0. The number of nitrogens with zero attached hydrogens (tertiary/aromatic N) is 6. The van der Waals surface area contributed by atoms with Crippen molar-refractivity contribution in [1.29, 1.82) is 0 Å². The van der Waals surface area contributed by atoms with Crippen LogP contribution in [0.2, 0.25) is 0 Å². The molecule has 0 bridgehead atoms. The lowest BCUT2D eigenvalue weighted by Gasteiger charge is -1.95. The number of H-pyrrole nitrogens is 1. The highest BCUT2D eigenvalue weighted by molar-refractivity contribution is 5.51. The zero-order valence-electron chi connectivity index (χ0n) is 8.42. The largest absolute Gasteiger partial charge is 0.366 e. The quantitative estimate of drug-likeness (QED) is 0.582. The van der Waals surface area contributed by atoms with Crippen LogP contribution < -0.4 is 5.73 Å². The van der Waals surface area contributed by atoms with E-state index in [4.69, 9.17) is 5.73 Å². The highest BCUT2D eigenvalue weighted by Gasteiger charge is 2.12. The molecule has 0 aromatic carbocycles. The molecule has 0 saturated carbocycles. The standard InChI is InChI=1S/C8H8N8/c1-4-2-3-5-11-13-7(16(5)15-4)6-10-8(9)14-12-6/h2-3H,1H3,(H3,9,10,12,14). The fraction of sp³-hybridized carbons (Fsp3) is 0.125. The molecule has 8 heteroatoms. The van der Waals surface area contributed by atoms with Gasteiger partial charge in [-0.1, -0.05) is 0 Å². The normalized spacial score (nSPS) is 11.1. The monoisotopic (exact) mass is 216 g/mol. The lowest BCUT2D eigenvalue weighted by atomic mass is 10.4. The van der Waals surface area contributed by atoms with Gasteiger partial charge in [-0.2, -0.15) is 14.6 Å². The van der Waals surface area contributed by atoms with Crippen molar-refractivity contribution < 1.29 is 0 Å². The number of aromatic amines is 1. The van der Waals surface area contributed by atoms with Crippen molar-refractivity contribution in [2.24, 2.45) is 0 Å². The van der Waals surface area contributed by atoms with E-state index in [2.05, 4.69) is 30.5 Å². The maximum atomic E-state index is 5.43. The minimum atomic E-state index is 0.166. The minimum absolute atomic E-state index is 0.166. The summed E-state index contributed by atoms with van der Waals surface area (Å²) in [6, 6.07) is 3.70. The van der Waals surface area contributed by atoms with Crippen LogP contribution in [0.3, 0.4) is 0 Å². The second-order valence-electron chi connectivity index (χ2n) is 3.31. The molecule has 0 aliphatic heterocycles. The number of aromatic nitrogens is 7. The first-order chi connectivity index (χ1) is 7.74. The van der Waals surface area contributed by atoms with Crippen LogP contribution in [0.5, 0.6) is 0 Å². The van der Waals surface area contributed by atoms with Gasteiger partial charge in [0.15, 0.2) is 11.5 Å². The van der Waals surface area contributed by atoms with Gasteiger partial charge >= 0.3 is 0 Å². The molecule has 3 heterocycles. The van der Waals surface area contributed by atoms with Crippen molar-refractivity contribution in [2.75, 3.05) is 5.73 Å². The number of hydrogen-bond donors (Lipinski definition) is 2. The van der Waals surface area contributed by atoms with Crippen LogP contribution in [-0.4, -0.2) is 35.0 Å². The van der Waals surface area contributed by atoms with Gasteiger partial charge in [-0.3, -0.25) is 5.10 Å². The number of rotatable bonds is 1. The molecule has 3 aromatic rings. The van der Waals surface area contributed by atoms with E-state index in [1.165, 1.54) is 0 Å². The lowest BCUT2D eigenvalue weighted by molar-refractivity contribution is 0.890. The molecule has 0 atom stereocenters. The van der Waals surface area contributed by atoms with E-state index in [1.807, 2.05) is 19.1 Å². The predicted molar refractivity (Wildman–Crippen MR) is 55.3 cm³/mol. The summed E-state index contributed by atoms with van der Waals surface area (Å²) >= 11 is 0. The molecule has 16 heavy (non-hydrogen) atoms. The maximum absolute atomic E-state index is 5.43. The topological polar surface area (TPSA) is 111 Å². The third-order valence-electron chi connectivity index (χ3n) is 2.11. The summed E-state index contributed by atoms with van der Waals surface area (Å²) in [5.74, 6) is 1.10. The number of nitrogen functional groups attached to an aromatic ring is 1. The molecule has 3 rings (SSSR count). The van der Waals surface area contributed by atoms with Crippen LogP contribution in [0.4, 0.5) is 5.95 Å². The molecule has 0 aliphatic carbocycles. The van der Waals surface area contributed by atoms with E-state index in [0.717, 1.165) is 5.69 Å². The third kappa shape index (κ3) is 1.20. The van der Waals surface area contributed by atoms with Crippen LogP contribution >= 0.6 is 0 Å². The Labute approximate surface area is 89.5 Å². The summed E-state index contributed by atoms with van der Waals surface area (Å²) in [5.41, 5.74) is 6.94. The van der Waals surface area contributed by atoms with E-state index < -0.39 is 0 Å². The van der Waals surface area contributed by atoms with Crippen LogP contribution in [0, 0.1) is 6.92 Å². The summed E-state index contributed by atoms with van der Waals surface area (Å²) in [4.78, 5) is 3.98. The van der Waals surface area contributed by atoms with Crippen molar-refractivity contribution in [1.82, 2.24) is 35.0 Å². The molecular weight excluding hydrogens is 208 g/mol. The van der Waals surface area contributed by atoms with Gasteiger partial charge in [-0.25, -0.2) is 0 Å². The van der Waals surface area contributed by atoms with Gasteiger partial charge in [0.1, 0.15) is 0 Å². The van der Waals surface area contributed by atoms with Crippen LogP contribution in [0.1, 0.15) is 5.69 Å². The summed E-state index contributed by atoms with van der Waals surface area (Å²) in [6.45, 7) is 1.89. The minimum Gasteiger partial charge on any atom is -0.366 e. The highest BCUT2D eigenvalue weighted by atomic mass is 15.4. The van der Waals surface area contributed by atoms with Crippen LogP contribution in [-0.2, 0) is 0 Å². The van der Waals surface area contributed by atoms with Crippen molar-refractivity contribution >= 4 is 11.6 Å². The number of aryl methyl sites for hydroxylation is 1. The summed E-state index contributed by atoms with van der Waals surface area (Å²) < 4.78 is 1.59. The van der Waals surface area contributed by atoms with Crippen molar-refractivity contribution in [3.8, 4) is 11.6 Å². The molecule has 0 aliphatic rings. The van der Waals surface area contributed by atoms with E-state index in [1.54, 1.807) is 4.52 Å². The van der Waals surface area contributed by atoms with Crippen molar-refractivity contribution in [3.63, 3.8) is 0 Å². The third-order valence-corrected chi connectivity index (χ3v) is 2.11. The van der Waals surface area contributed by atoms with Gasteiger partial charge in [0, 0.05) is 0 Å². The Hall–Kier alpha value is -2.51. The van der Waals surface area contributed by atoms with E-state index in [0.29, 0.717) is 17.3 Å². The molecule has 3 aromatic heterocycles. The molecule has 0 fully saturated rings. The van der Waals surface area contributed by atoms with Gasteiger partial charge in [0.2, 0.25) is 11.8 Å². The molecule has 0 spiro atoms. The average molecular weight is 216 g/mol. The molecule has 0 saturated heterocycles. The Bertz CT molecular complexity index is 651. The van der Waals surface area contributed by atoms with Crippen molar-refractivity contribution in [2.45, 2.75) is 6.92 Å². The first-order valence-corrected chi connectivity index (χ1v) is 4.61. The van der Waals surface area contributed by atoms with E-state index in [9.17, 15) is 0 Å². The molecule has 3 N–H and O–H groups in total. The SMILES string of the molecule is Cc1ccc2nnc(-c3nc(N)n[nH]3)n2n1. The lowest BCUT2D eigenvalue weighted by Crippen LogP contribution is -1.97. The maximum Gasteiger partial charge on any atom is 0.239 e. The highest BCUT2D eigenvalue weighted by Crippen LogP contribution is 2.13. The number of hydrogen-bond acceptors (Lipinski definition) is 6. The molecule has 0 unspecified atom stereocenters. The van der Waals surface area contributed by atoms with Gasteiger partial charge in [0.05, 0.1) is 5.69 Å². The first kappa shape index (κ1) is 8.77. The van der Waals surface area contributed by atoms with Gasteiger partial charge in [-0.15, -0.1) is 15.3 Å². The second kappa shape index (κ2) is 2.99. The van der Waals surface area contributed by atoms with Gasteiger partial charge in [0.25, 0.3) is 0 Å². The Balaban J connectivity index is 2.27. The zero-order chi connectivity index (χ0) is 11.1. The Morgan fingerprint density at radius 3 is 2.94 bits per heavy atom. The van der Waals surface area contributed by atoms with E-state index >= 15 is 0 Å². The smallest absolute Gasteiger partial charge is 0.239 e. The fourth-order valence-corrected chi connectivity index (χ4v) is 1.40. The predicted octanol–water partition coefficient (Wildman–Crippen LogP) is -0.200. The van der Waals surface area contributed by atoms with E-state index in [-0.39, 0.29) is 5.95 Å². The Morgan fingerprint density at radius 1 is 1.31 bits per heavy atom. The fourth-order valence-electron chi connectivity index (χ4n) is 1.40. The molecule has 8 nitrogen and oxygen atoms in total. The molecule has 80 valence electrons.